The van der Waals surface area contributed by atoms with Gasteiger partial charge >= 0.3 is 0 Å². The molecule has 2 rings (SSSR count). The number of aromatic nitrogens is 3. The summed E-state index contributed by atoms with van der Waals surface area (Å²) in [5.41, 5.74) is 0.571. The summed E-state index contributed by atoms with van der Waals surface area (Å²) < 4.78 is 1.88. The number of anilines is 1. The molecule has 0 aliphatic rings. The minimum atomic E-state index is -0.322. The lowest BCUT2D eigenvalue weighted by Crippen LogP contribution is -2.22. The van der Waals surface area contributed by atoms with Crippen molar-refractivity contribution in [2.24, 2.45) is 0 Å². The van der Waals surface area contributed by atoms with E-state index in [-0.39, 0.29) is 11.2 Å². The third kappa shape index (κ3) is 4.36. The Kier molecular flexibility index (Phi) is 5.50. The molecule has 0 radical (unpaired) electrons. The zero-order valence-corrected chi connectivity index (χ0v) is 13.8. The number of thioether (sulfide) groups is 1. The first-order valence-electron chi connectivity index (χ1n) is 6.31. The standard InChI is InChI=1S/C13H14Cl2N4OS/c1-3-19-7-16-18-13(19)21-8(2)12(20)17-11-5-9(14)4-10(15)6-11/h4-8H,3H2,1-2H3,(H,17,20)/t8-/m1/s1. The Labute approximate surface area is 137 Å². The van der Waals surface area contributed by atoms with Crippen LogP contribution in [-0.4, -0.2) is 25.9 Å². The highest BCUT2D eigenvalue weighted by Crippen LogP contribution is 2.25. The number of hydrogen-bond acceptors (Lipinski definition) is 4. The first-order chi connectivity index (χ1) is 9.99. The van der Waals surface area contributed by atoms with E-state index in [2.05, 4.69) is 15.5 Å². The predicted octanol–water partition coefficient (Wildman–Crippen LogP) is 3.72. The third-order valence-electron chi connectivity index (χ3n) is 2.70. The summed E-state index contributed by atoms with van der Waals surface area (Å²) in [6, 6.07) is 4.91. The summed E-state index contributed by atoms with van der Waals surface area (Å²) in [4.78, 5) is 12.2. The summed E-state index contributed by atoms with van der Waals surface area (Å²) in [7, 11) is 0. The van der Waals surface area contributed by atoms with Gasteiger partial charge in [0, 0.05) is 22.3 Å². The van der Waals surface area contributed by atoms with Crippen LogP contribution < -0.4 is 5.32 Å². The molecule has 1 N–H and O–H groups in total. The average Bonchev–Trinajstić information content (AvgIpc) is 2.84. The molecule has 1 aromatic carbocycles. The van der Waals surface area contributed by atoms with Crippen LogP contribution in [0.5, 0.6) is 0 Å². The third-order valence-corrected chi connectivity index (χ3v) is 4.23. The topological polar surface area (TPSA) is 59.8 Å². The van der Waals surface area contributed by atoms with Crippen molar-refractivity contribution in [2.45, 2.75) is 30.8 Å². The van der Waals surface area contributed by atoms with Crippen molar-refractivity contribution in [3.63, 3.8) is 0 Å². The quantitative estimate of drug-likeness (QED) is 0.839. The fourth-order valence-electron chi connectivity index (χ4n) is 1.63. The molecular formula is C13H14Cl2N4OS. The van der Waals surface area contributed by atoms with Crippen molar-refractivity contribution in [1.29, 1.82) is 0 Å². The Balaban J connectivity index is 2.02. The highest BCUT2D eigenvalue weighted by molar-refractivity contribution is 8.00. The number of hydrogen-bond donors (Lipinski definition) is 1. The fraction of sp³-hybridized carbons (Fsp3) is 0.308. The molecule has 21 heavy (non-hydrogen) atoms. The van der Waals surface area contributed by atoms with Crippen molar-refractivity contribution in [1.82, 2.24) is 14.8 Å². The molecule has 0 unspecified atom stereocenters. The number of carbonyl (C=O) groups excluding carboxylic acids is 1. The summed E-state index contributed by atoms with van der Waals surface area (Å²) in [5, 5.41) is 12.0. The maximum Gasteiger partial charge on any atom is 0.237 e. The van der Waals surface area contributed by atoms with Crippen LogP contribution >= 0.6 is 35.0 Å². The van der Waals surface area contributed by atoms with Crippen molar-refractivity contribution in [3.8, 4) is 0 Å². The van der Waals surface area contributed by atoms with Gasteiger partial charge in [-0.2, -0.15) is 0 Å². The number of amides is 1. The monoisotopic (exact) mass is 344 g/mol. The fourth-order valence-corrected chi connectivity index (χ4v) is 3.05. The molecule has 1 amide bonds. The van der Waals surface area contributed by atoms with Crippen molar-refractivity contribution < 1.29 is 4.79 Å². The van der Waals surface area contributed by atoms with E-state index in [1.165, 1.54) is 11.8 Å². The Bertz CT molecular complexity index is 627. The van der Waals surface area contributed by atoms with Crippen LogP contribution in [-0.2, 0) is 11.3 Å². The van der Waals surface area contributed by atoms with Crippen LogP contribution in [0.2, 0.25) is 10.0 Å². The van der Waals surface area contributed by atoms with Gasteiger partial charge in [-0.05, 0) is 32.0 Å². The summed E-state index contributed by atoms with van der Waals surface area (Å²) in [5.74, 6) is -0.149. The zero-order chi connectivity index (χ0) is 15.4. The van der Waals surface area contributed by atoms with Crippen LogP contribution in [0.3, 0.4) is 0 Å². The Morgan fingerprint density at radius 2 is 2.05 bits per heavy atom. The number of halogens is 2. The first kappa shape index (κ1) is 16.1. The second-order valence-corrected chi connectivity index (χ2v) is 6.49. The minimum absolute atomic E-state index is 0.149. The molecule has 112 valence electrons. The lowest BCUT2D eigenvalue weighted by atomic mass is 10.3. The van der Waals surface area contributed by atoms with Gasteiger partial charge in [0.1, 0.15) is 6.33 Å². The minimum Gasteiger partial charge on any atom is -0.325 e. The van der Waals surface area contributed by atoms with E-state index in [0.717, 1.165) is 6.54 Å². The van der Waals surface area contributed by atoms with Gasteiger partial charge in [-0.25, -0.2) is 0 Å². The van der Waals surface area contributed by atoms with Crippen LogP contribution in [0.25, 0.3) is 0 Å². The SMILES string of the molecule is CCn1cnnc1S[C@H](C)C(=O)Nc1cc(Cl)cc(Cl)c1. The normalized spacial score (nSPS) is 12.2. The highest BCUT2D eigenvalue weighted by Gasteiger charge is 2.18. The van der Waals surface area contributed by atoms with Gasteiger partial charge in [-0.1, -0.05) is 35.0 Å². The lowest BCUT2D eigenvalue weighted by Gasteiger charge is -2.12. The maximum absolute atomic E-state index is 12.2. The molecule has 1 heterocycles. The highest BCUT2D eigenvalue weighted by atomic mass is 35.5. The van der Waals surface area contributed by atoms with Gasteiger partial charge in [-0.3, -0.25) is 4.79 Å². The molecule has 0 aliphatic carbocycles. The largest absolute Gasteiger partial charge is 0.325 e. The molecule has 1 atom stereocenters. The van der Waals surface area contributed by atoms with E-state index in [4.69, 9.17) is 23.2 Å². The predicted molar refractivity (Wildman–Crippen MR) is 86.1 cm³/mol. The van der Waals surface area contributed by atoms with E-state index >= 15 is 0 Å². The Morgan fingerprint density at radius 1 is 1.38 bits per heavy atom. The summed E-state index contributed by atoms with van der Waals surface area (Å²) in [6.07, 6.45) is 1.64. The van der Waals surface area contributed by atoms with E-state index < -0.39 is 0 Å². The Morgan fingerprint density at radius 3 is 2.67 bits per heavy atom. The smallest absolute Gasteiger partial charge is 0.237 e. The summed E-state index contributed by atoms with van der Waals surface area (Å²) in [6.45, 7) is 4.56. The molecule has 8 heteroatoms. The van der Waals surface area contributed by atoms with Gasteiger partial charge in [0.15, 0.2) is 5.16 Å². The first-order valence-corrected chi connectivity index (χ1v) is 7.94. The lowest BCUT2D eigenvalue weighted by molar-refractivity contribution is -0.115. The molecule has 1 aromatic heterocycles. The van der Waals surface area contributed by atoms with Crippen LogP contribution in [0.1, 0.15) is 13.8 Å². The van der Waals surface area contributed by atoms with Gasteiger partial charge in [-0.15, -0.1) is 10.2 Å². The number of aryl methyl sites for hydroxylation is 1. The van der Waals surface area contributed by atoms with Crippen molar-refractivity contribution >= 4 is 46.6 Å². The van der Waals surface area contributed by atoms with Gasteiger partial charge in [0.05, 0.1) is 5.25 Å². The number of benzene rings is 1. The maximum atomic E-state index is 12.2. The van der Waals surface area contributed by atoms with Crippen LogP contribution in [0.4, 0.5) is 5.69 Å². The average molecular weight is 345 g/mol. The van der Waals surface area contributed by atoms with E-state index in [0.29, 0.717) is 20.9 Å². The molecule has 0 saturated carbocycles. The molecule has 5 nitrogen and oxygen atoms in total. The number of nitrogens with one attached hydrogen (secondary N) is 1. The number of nitrogens with zero attached hydrogens (tertiary/aromatic N) is 3. The number of carbonyl (C=O) groups is 1. The van der Waals surface area contributed by atoms with Crippen LogP contribution in [0, 0.1) is 0 Å². The zero-order valence-electron chi connectivity index (χ0n) is 11.5. The second-order valence-electron chi connectivity index (χ2n) is 4.31. The van der Waals surface area contributed by atoms with Gasteiger partial charge in [0.2, 0.25) is 5.91 Å². The van der Waals surface area contributed by atoms with Gasteiger partial charge in [0.25, 0.3) is 0 Å². The van der Waals surface area contributed by atoms with Crippen molar-refractivity contribution in [2.75, 3.05) is 5.32 Å². The molecule has 0 bridgehead atoms. The molecule has 0 saturated heterocycles. The van der Waals surface area contributed by atoms with Crippen LogP contribution in [0.15, 0.2) is 29.7 Å². The van der Waals surface area contributed by atoms with E-state index in [9.17, 15) is 4.79 Å². The molecular weight excluding hydrogens is 331 g/mol. The van der Waals surface area contributed by atoms with Crippen molar-refractivity contribution in [3.05, 3.63) is 34.6 Å². The van der Waals surface area contributed by atoms with E-state index in [1.807, 2.05) is 11.5 Å². The van der Waals surface area contributed by atoms with Gasteiger partial charge < -0.3 is 9.88 Å². The molecule has 0 spiro atoms. The molecule has 0 aliphatic heterocycles. The second kappa shape index (κ2) is 7.15. The van der Waals surface area contributed by atoms with E-state index in [1.54, 1.807) is 31.5 Å². The molecule has 0 fully saturated rings. The number of rotatable bonds is 5. The Hall–Kier alpha value is -1.24. The summed E-state index contributed by atoms with van der Waals surface area (Å²) >= 11 is 13.2. The molecule has 2 aromatic rings.